The maximum absolute atomic E-state index is 12.4. The number of rotatable bonds is 4. The molecule has 3 aromatic rings. The first-order chi connectivity index (χ1) is 12.4. The average molecular weight is 352 g/mol. The predicted molar refractivity (Wildman–Crippen MR) is 97.9 cm³/mol. The maximum atomic E-state index is 12.4. The van der Waals surface area contributed by atoms with E-state index in [1.165, 1.54) is 6.92 Å². The molecule has 7 heteroatoms. The number of benzene rings is 1. The fourth-order valence-electron chi connectivity index (χ4n) is 2.63. The molecule has 0 saturated heterocycles. The van der Waals surface area contributed by atoms with E-state index in [-0.39, 0.29) is 5.69 Å². The van der Waals surface area contributed by atoms with E-state index in [2.05, 4.69) is 15.4 Å². The monoisotopic (exact) mass is 352 g/mol. The minimum Gasteiger partial charge on any atom is -0.448 e. The molecule has 0 radical (unpaired) electrons. The van der Waals surface area contributed by atoms with Crippen LogP contribution in [0.1, 0.15) is 28.8 Å². The molecule has 1 amide bonds. The van der Waals surface area contributed by atoms with Crippen molar-refractivity contribution in [1.29, 1.82) is 0 Å². The Balaban J connectivity index is 1.70. The molecule has 134 valence electrons. The molecule has 0 aliphatic carbocycles. The van der Waals surface area contributed by atoms with Crippen LogP contribution in [0.4, 0.5) is 5.69 Å². The van der Waals surface area contributed by atoms with E-state index in [4.69, 9.17) is 4.74 Å². The Hall–Kier alpha value is -3.22. The van der Waals surface area contributed by atoms with E-state index in [1.54, 1.807) is 30.8 Å². The van der Waals surface area contributed by atoms with Gasteiger partial charge in [0, 0.05) is 12.4 Å². The molecule has 26 heavy (non-hydrogen) atoms. The molecule has 2 aromatic heterocycles. The zero-order valence-corrected chi connectivity index (χ0v) is 15.1. The van der Waals surface area contributed by atoms with Gasteiger partial charge in [0.05, 0.1) is 22.6 Å². The van der Waals surface area contributed by atoms with Crippen molar-refractivity contribution in [1.82, 2.24) is 14.8 Å². The van der Waals surface area contributed by atoms with E-state index >= 15 is 0 Å². The van der Waals surface area contributed by atoms with Crippen LogP contribution in [0.2, 0.25) is 0 Å². The van der Waals surface area contributed by atoms with E-state index in [1.807, 2.05) is 31.2 Å². The average Bonchev–Trinajstić information content (AvgIpc) is 2.87. The maximum Gasteiger partial charge on any atom is 0.357 e. The Kier molecular flexibility index (Phi) is 4.71. The van der Waals surface area contributed by atoms with Crippen LogP contribution in [0.25, 0.3) is 10.9 Å². The first-order valence-corrected chi connectivity index (χ1v) is 8.24. The summed E-state index contributed by atoms with van der Waals surface area (Å²) in [5.74, 6) is -1.06. The van der Waals surface area contributed by atoms with E-state index < -0.39 is 18.0 Å². The largest absolute Gasteiger partial charge is 0.448 e. The van der Waals surface area contributed by atoms with Crippen molar-refractivity contribution in [3.05, 3.63) is 53.5 Å². The van der Waals surface area contributed by atoms with E-state index in [9.17, 15) is 9.59 Å². The molecule has 1 aromatic carbocycles. The van der Waals surface area contributed by atoms with Gasteiger partial charge in [0.1, 0.15) is 5.69 Å². The number of anilines is 1. The molecule has 7 nitrogen and oxygen atoms in total. The summed E-state index contributed by atoms with van der Waals surface area (Å²) in [6.07, 6.45) is -0.963. The molecule has 3 rings (SSSR count). The van der Waals surface area contributed by atoms with Crippen molar-refractivity contribution in [3.63, 3.8) is 0 Å². The topological polar surface area (TPSA) is 86.1 Å². The van der Waals surface area contributed by atoms with Crippen LogP contribution in [0.3, 0.4) is 0 Å². The lowest BCUT2D eigenvalue weighted by Gasteiger charge is -2.13. The van der Waals surface area contributed by atoms with E-state index in [0.29, 0.717) is 16.9 Å². The smallest absolute Gasteiger partial charge is 0.357 e. The minimum absolute atomic E-state index is 0.164. The summed E-state index contributed by atoms with van der Waals surface area (Å²) >= 11 is 0. The van der Waals surface area contributed by atoms with E-state index in [0.717, 1.165) is 11.1 Å². The fraction of sp³-hybridized carbons (Fsp3) is 0.263. The second-order valence-corrected chi connectivity index (χ2v) is 6.10. The normalized spacial score (nSPS) is 12.0. The van der Waals surface area contributed by atoms with Crippen molar-refractivity contribution >= 4 is 28.5 Å². The van der Waals surface area contributed by atoms with Crippen LogP contribution < -0.4 is 5.32 Å². The van der Waals surface area contributed by atoms with Crippen LogP contribution in [-0.4, -0.2) is 32.7 Å². The Labute approximate surface area is 151 Å². The molecule has 0 saturated carbocycles. The minimum atomic E-state index is -0.963. The Morgan fingerprint density at radius 3 is 2.58 bits per heavy atom. The summed E-state index contributed by atoms with van der Waals surface area (Å²) in [5, 5.41) is 7.94. The first kappa shape index (κ1) is 17.6. The quantitative estimate of drug-likeness (QED) is 0.730. The molecule has 0 aliphatic rings. The number of carbonyl (C=O) groups is 2. The van der Waals surface area contributed by atoms with Gasteiger partial charge in [-0.05, 0) is 32.9 Å². The van der Waals surface area contributed by atoms with Gasteiger partial charge in [-0.1, -0.05) is 24.3 Å². The lowest BCUT2D eigenvalue weighted by atomic mass is 10.2. The number of nitrogens with one attached hydrogen (secondary N) is 1. The number of aromatic nitrogens is 3. The number of carbonyl (C=O) groups excluding carboxylic acids is 2. The van der Waals surface area contributed by atoms with Crippen molar-refractivity contribution in [2.24, 2.45) is 7.05 Å². The summed E-state index contributed by atoms with van der Waals surface area (Å²) in [5.41, 5.74) is 3.01. The molecule has 0 unspecified atom stereocenters. The third-order valence-electron chi connectivity index (χ3n) is 4.22. The lowest BCUT2D eigenvalue weighted by Crippen LogP contribution is -2.30. The number of para-hydroxylation sites is 1. The van der Waals surface area contributed by atoms with Crippen LogP contribution in [0.5, 0.6) is 0 Å². The van der Waals surface area contributed by atoms with Gasteiger partial charge in [0.25, 0.3) is 5.91 Å². The fourth-order valence-corrected chi connectivity index (χ4v) is 2.63. The number of ether oxygens (including phenoxy) is 1. The van der Waals surface area contributed by atoms with Crippen molar-refractivity contribution in [3.8, 4) is 0 Å². The molecule has 2 heterocycles. The molecule has 0 bridgehead atoms. The second kappa shape index (κ2) is 6.95. The lowest BCUT2D eigenvalue weighted by molar-refractivity contribution is -0.123. The first-order valence-electron chi connectivity index (χ1n) is 8.24. The van der Waals surface area contributed by atoms with Gasteiger partial charge in [-0.25, -0.2) is 9.78 Å². The molecular weight excluding hydrogens is 332 g/mol. The summed E-state index contributed by atoms with van der Waals surface area (Å²) < 4.78 is 6.95. The highest BCUT2D eigenvalue weighted by molar-refractivity contribution is 5.98. The van der Waals surface area contributed by atoms with Crippen LogP contribution in [-0.2, 0) is 16.6 Å². The standard InChI is InChI=1S/C19H20N4O3/c1-11-17(12(2)23(4)22-11)21-18(24)13(3)26-19(25)16-10-9-14-7-5-6-8-15(14)20-16/h5-10,13H,1-4H3,(H,21,24)/t13-/m1/s1. The number of aryl methyl sites for hydroxylation is 2. The number of amides is 1. The van der Waals surface area contributed by atoms with Gasteiger partial charge in [0.15, 0.2) is 6.10 Å². The zero-order valence-electron chi connectivity index (χ0n) is 15.1. The molecular formula is C19H20N4O3. The Bertz CT molecular complexity index is 994. The molecule has 1 N–H and O–H groups in total. The van der Waals surface area contributed by atoms with Crippen LogP contribution in [0, 0.1) is 13.8 Å². The Morgan fingerprint density at radius 1 is 1.15 bits per heavy atom. The van der Waals surface area contributed by atoms with Gasteiger partial charge < -0.3 is 10.1 Å². The zero-order chi connectivity index (χ0) is 18.8. The van der Waals surface area contributed by atoms with Gasteiger partial charge in [-0.2, -0.15) is 5.10 Å². The Morgan fingerprint density at radius 2 is 1.88 bits per heavy atom. The van der Waals surface area contributed by atoms with Crippen LogP contribution in [0.15, 0.2) is 36.4 Å². The van der Waals surface area contributed by atoms with Gasteiger partial charge in [0.2, 0.25) is 0 Å². The van der Waals surface area contributed by atoms with Crippen molar-refractivity contribution in [2.45, 2.75) is 26.9 Å². The number of hydrogen-bond donors (Lipinski definition) is 1. The number of fused-ring (bicyclic) bond motifs is 1. The highest BCUT2D eigenvalue weighted by atomic mass is 16.5. The second-order valence-electron chi connectivity index (χ2n) is 6.10. The van der Waals surface area contributed by atoms with Crippen molar-refractivity contribution < 1.29 is 14.3 Å². The summed E-state index contributed by atoms with van der Waals surface area (Å²) in [6.45, 7) is 5.18. The summed E-state index contributed by atoms with van der Waals surface area (Å²) in [7, 11) is 1.80. The predicted octanol–water partition coefficient (Wildman–Crippen LogP) is 2.77. The highest BCUT2D eigenvalue weighted by Gasteiger charge is 2.22. The number of esters is 1. The van der Waals surface area contributed by atoms with Gasteiger partial charge >= 0.3 is 5.97 Å². The van der Waals surface area contributed by atoms with Gasteiger partial charge in [-0.15, -0.1) is 0 Å². The molecule has 0 spiro atoms. The number of hydrogen-bond acceptors (Lipinski definition) is 5. The number of pyridine rings is 1. The van der Waals surface area contributed by atoms with Gasteiger partial charge in [-0.3, -0.25) is 9.48 Å². The summed E-state index contributed by atoms with van der Waals surface area (Å²) in [6, 6.07) is 10.9. The third-order valence-corrected chi connectivity index (χ3v) is 4.22. The van der Waals surface area contributed by atoms with Crippen molar-refractivity contribution in [2.75, 3.05) is 5.32 Å². The molecule has 1 atom stereocenters. The number of nitrogens with zero attached hydrogens (tertiary/aromatic N) is 3. The highest BCUT2D eigenvalue weighted by Crippen LogP contribution is 2.19. The SMILES string of the molecule is Cc1nn(C)c(C)c1NC(=O)[C@@H](C)OC(=O)c1ccc2ccccc2n1. The van der Waals surface area contributed by atoms with Crippen LogP contribution >= 0.6 is 0 Å². The molecule has 0 aliphatic heterocycles. The molecule has 0 fully saturated rings. The summed E-state index contributed by atoms with van der Waals surface area (Å²) in [4.78, 5) is 29.0. The third kappa shape index (κ3) is 3.42.